The lowest BCUT2D eigenvalue weighted by Gasteiger charge is -2.20. The van der Waals surface area contributed by atoms with Gasteiger partial charge in [0.25, 0.3) is 0 Å². The highest BCUT2D eigenvalue weighted by Gasteiger charge is 2.31. The van der Waals surface area contributed by atoms with Gasteiger partial charge in [0.2, 0.25) is 0 Å². The van der Waals surface area contributed by atoms with E-state index < -0.39 is 73.4 Å². The molecule has 0 aliphatic carbocycles. The van der Waals surface area contributed by atoms with Crippen LogP contribution in [0.3, 0.4) is 0 Å². The summed E-state index contributed by atoms with van der Waals surface area (Å²) in [7, 11) is 0. The predicted molar refractivity (Wildman–Crippen MR) is 74.2 cm³/mol. The summed E-state index contributed by atoms with van der Waals surface area (Å²) in [4.78, 5) is 0. The lowest BCUT2D eigenvalue weighted by atomic mass is 11.9. The fourth-order valence-electron chi connectivity index (χ4n) is 1.40. The molecule has 0 N–H and O–H groups in total. The van der Waals surface area contributed by atoms with Gasteiger partial charge in [-0.3, -0.25) is 0 Å². The zero-order valence-corrected chi connectivity index (χ0v) is 17.3. The number of rotatable bonds is 8. The van der Waals surface area contributed by atoms with Crippen molar-refractivity contribution in [3.05, 3.63) is 0 Å². The summed E-state index contributed by atoms with van der Waals surface area (Å²) in [6, 6.07) is 0. The van der Waals surface area contributed by atoms with Gasteiger partial charge in [0.15, 0.2) is 0 Å². The molecule has 0 saturated carbocycles. The zero-order valence-electron chi connectivity index (χ0n) is 11.5. The van der Waals surface area contributed by atoms with Crippen molar-refractivity contribution < 1.29 is 11.4 Å². The van der Waals surface area contributed by atoms with E-state index in [1.165, 1.54) is 0 Å². The Morgan fingerprint density at radius 3 is 0.938 bits per heavy atom. The van der Waals surface area contributed by atoms with E-state index in [2.05, 4.69) is 40.5 Å². The van der Waals surface area contributed by atoms with Crippen LogP contribution in [0, 0.1) is 0 Å². The molecule has 0 aliphatic heterocycles. The summed E-state index contributed by atoms with van der Waals surface area (Å²) >= 11 is -6.30. The Kier molecular flexibility index (Phi) is 11.9. The lowest BCUT2D eigenvalue weighted by Crippen LogP contribution is -2.37. The molecule has 0 fully saturated rings. The molecule has 0 aromatic heterocycles. The van der Waals surface area contributed by atoms with Crippen LogP contribution in [0.4, 0.5) is 0 Å². The molecular formula is C7H21Al5O4. The minimum absolute atomic E-state index is 0.956. The minimum atomic E-state index is -1.52. The van der Waals surface area contributed by atoms with Crippen LogP contribution >= 0.6 is 0 Å². The second-order valence-electron chi connectivity index (χ2n) is 4.34. The average molecular weight is 304 g/mol. The van der Waals surface area contributed by atoms with Crippen molar-refractivity contribution >= 4 is 73.4 Å². The minimum Gasteiger partial charge on any atom is -0.615 e. The standard InChI is InChI=1S/7CH3.5Al.4O/h7*1H3;;;;;;;;;. The van der Waals surface area contributed by atoms with E-state index >= 15 is 0 Å². The van der Waals surface area contributed by atoms with E-state index in [0.717, 1.165) is 0 Å². The Bertz CT molecular complexity index is 164. The fraction of sp³-hybridized carbons (Fsp3) is 1.00. The molecule has 4 nitrogen and oxygen atoms in total. The number of hydrogen-bond donors (Lipinski definition) is 0. The van der Waals surface area contributed by atoms with Crippen LogP contribution in [-0.2, 0) is 11.4 Å². The van der Waals surface area contributed by atoms with Gasteiger partial charge >= 0.3 is 73.4 Å². The second kappa shape index (κ2) is 10.3. The van der Waals surface area contributed by atoms with Gasteiger partial charge in [-0.2, -0.15) is 0 Å². The summed E-state index contributed by atoms with van der Waals surface area (Å²) in [6.07, 6.45) is 0. The van der Waals surface area contributed by atoms with Crippen LogP contribution in [0.25, 0.3) is 0 Å². The highest BCUT2D eigenvalue weighted by atomic mass is 27.4. The van der Waals surface area contributed by atoms with Crippen LogP contribution in [0.1, 0.15) is 0 Å². The van der Waals surface area contributed by atoms with E-state index in [9.17, 15) is 0 Å². The summed E-state index contributed by atoms with van der Waals surface area (Å²) in [5, 5.41) is 0. The monoisotopic (exact) mass is 304 g/mol. The summed E-state index contributed by atoms with van der Waals surface area (Å²) in [5.74, 6) is 14.9. The first kappa shape index (κ1) is 18.5. The van der Waals surface area contributed by atoms with Crippen LogP contribution in [0.15, 0.2) is 0 Å². The van der Waals surface area contributed by atoms with Gasteiger partial charge in [-0.15, -0.1) is 0 Å². The molecule has 0 rings (SSSR count). The van der Waals surface area contributed by atoms with Gasteiger partial charge in [0.1, 0.15) is 0 Å². The lowest BCUT2D eigenvalue weighted by molar-refractivity contribution is 0.355. The van der Waals surface area contributed by atoms with Gasteiger partial charge in [-0.25, -0.2) is 0 Å². The van der Waals surface area contributed by atoms with Gasteiger partial charge in [0.05, 0.1) is 0 Å². The van der Waals surface area contributed by atoms with Crippen molar-refractivity contribution in [2.75, 3.05) is 0 Å². The average Bonchev–Trinajstić information content (AvgIpc) is 1.97. The molecule has 0 unspecified atom stereocenters. The first-order chi connectivity index (χ1) is 7.31. The van der Waals surface area contributed by atoms with E-state index in [-0.39, 0.29) is 0 Å². The zero-order chi connectivity index (χ0) is 12.7. The van der Waals surface area contributed by atoms with Crippen molar-refractivity contribution in [2.45, 2.75) is 40.5 Å². The van der Waals surface area contributed by atoms with Crippen molar-refractivity contribution in [1.82, 2.24) is 0 Å². The van der Waals surface area contributed by atoms with Crippen molar-refractivity contribution in [3.8, 4) is 0 Å². The summed E-state index contributed by atoms with van der Waals surface area (Å²) in [6.45, 7) is 0. The molecule has 0 heterocycles. The molecule has 88 valence electrons. The molecule has 0 spiro atoms. The summed E-state index contributed by atoms with van der Waals surface area (Å²) in [5.41, 5.74) is 0. The third kappa shape index (κ3) is 11.6. The Balaban J connectivity index is 3.75. The molecule has 9 heteroatoms. The Labute approximate surface area is 124 Å². The van der Waals surface area contributed by atoms with Gasteiger partial charge in [-0.05, 0) is 0 Å². The molecule has 0 radical (unpaired) electrons. The van der Waals surface area contributed by atoms with Crippen molar-refractivity contribution in [1.29, 1.82) is 0 Å². The van der Waals surface area contributed by atoms with Gasteiger partial charge < -0.3 is 11.4 Å². The summed E-state index contributed by atoms with van der Waals surface area (Å²) < 4.78 is 23.3. The Hall–Kier alpha value is 2.50. The maximum Gasteiger partial charge on any atom is 0.612 e. The largest absolute Gasteiger partial charge is 0.615 e. The van der Waals surface area contributed by atoms with Crippen molar-refractivity contribution in [3.63, 3.8) is 0 Å². The second-order valence-corrected chi connectivity index (χ2v) is 16.3. The highest BCUT2D eigenvalue weighted by Crippen LogP contribution is 2.01. The first-order valence-electron chi connectivity index (χ1n) is 5.93. The molecule has 0 amide bonds. The molecule has 0 bridgehead atoms. The quantitative estimate of drug-likeness (QED) is 0.642. The smallest absolute Gasteiger partial charge is 0.612 e. The van der Waals surface area contributed by atoms with Crippen LogP contribution in [-0.4, -0.2) is 73.4 Å². The van der Waals surface area contributed by atoms with E-state index in [4.69, 9.17) is 11.4 Å². The molecule has 0 aromatic rings. The van der Waals surface area contributed by atoms with Crippen molar-refractivity contribution in [2.24, 2.45) is 0 Å². The Morgan fingerprint density at radius 2 is 0.688 bits per heavy atom. The molecule has 0 saturated heterocycles. The predicted octanol–water partition coefficient (Wildman–Crippen LogP) is 1.91. The molecule has 16 heavy (non-hydrogen) atoms. The fourth-order valence-corrected chi connectivity index (χ4v) is 14.4. The van der Waals surface area contributed by atoms with E-state index in [1.807, 2.05) is 0 Å². The topological polar surface area (TPSA) is 36.9 Å². The Morgan fingerprint density at radius 1 is 0.438 bits per heavy atom. The van der Waals surface area contributed by atoms with E-state index in [0.29, 0.717) is 0 Å². The molecule has 0 aromatic carbocycles. The van der Waals surface area contributed by atoms with Crippen LogP contribution in [0.5, 0.6) is 0 Å². The third-order valence-electron chi connectivity index (χ3n) is 1.69. The van der Waals surface area contributed by atoms with Gasteiger partial charge in [0, 0.05) is 0 Å². The molecular weight excluding hydrogens is 283 g/mol. The third-order valence-corrected chi connectivity index (χ3v) is 15.2. The first-order valence-corrected chi connectivity index (χ1v) is 17.8. The number of hydrogen-bond acceptors (Lipinski definition) is 4. The van der Waals surface area contributed by atoms with E-state index in [1.54, 1.807) is 0 Å². The molecule has 0 aliphatic rings. The van der Waals surface area contributed by atoms with Crippen LogP contribution in [0.2, 0.25) is 40.5 Å². The SMILES string of the molecule is [CH3][Al]([CH3])[O][Al]([CH3])[O][Al]([CH3])[O][Al]([CH3])[O][Al]([CH3])[CH3]. The maximum atomic E-state index is 5.85. The maximum absolute atomic E-state index is 5.85. The van der Waals surface area contributed by atoms with Gasteiger partial charge in [-0.1, -0.05) is 40.5 Å². The normalized spacial score (nSPS) is 9.94. The molecule has 0 atom stereocenters. The van der Waals surface area contributed by atoms with Crippen LogP contribution < -0.4 is 0 Å². The highest BCUT2D eigenvalue weighted by molar-refractivity contribution is 6.69.